The Kier molecular flexibility index (Phi) is 4.63. The Balaban J connectivity index is 2.16. The molecule has 0 radical (unpaired) electrons. The van der Waals surface area contributed by atoms with Crippen LogP contribution in [0.25, 0.3) is 0 Å². The van der Waals surface area contributed by atoms with Gasteiger partial charge in [0, 0.05) is 23.9 Å². The van der Waals surface area contributed by atoms with Crippen LogP contribution in [-0.4, -0.2) is 16.7 Å². The van der Waals surface area contributed by atoms with Gasteiger partial charge in [-0.3, -0.25) is 4.98 Å². The van der Waals surface area contributed by atoms with Gasteiger partial charge in [-0.15, -0.1) is 0 Å². The second-order valence-corrected chi connectivity index (χ2v) is 4.46. The van der Waals surface area contributed by atoms with Gasteiger partial charge in [0.1, 0.15) is 5.75 Å². The highest BCUT2D eigenvalue weighted by atomic mass is 19.3. The number of alkyl halides is 2. The molecule has 106 valence electrons. The van der Waals surface area contributed by atoms with Crippen molar-refractivity contribution < 1.29 is 18.6 Å². The lowest BCUT2D eigenvalue weighted by Crippen LogP contribution is -2.09. The van der Waals surface area contributed by atoms with Crippen molar-refractivity contribution in [2.75, 3.05) is 0 Å². The standard InChI is InChI=1S/C15H15F2NO2/c1-10-6-7-11(18-9-10)8-13(19)12-4-2-3-5-14(12)20-15(16)17/h2-7,9,13,15,19H,8H2,1H3. The Labute approximate surface area is 115 Å². The number of aryl methyl sites for hydroxylation is 1. The minimum absolute atomic E-state index is 0.0119. The van der Waals surface area contributed by atoms with Crippen LogP contribution in [0.15, 0.2) is 42.6 Å². The molecule has 2 aromatic rings. The zero-order valence-electron chi connectivity index (χ0n) is 11.0. The summed E-state index contributed by atoms with van der Waals surface area (Å²) < 4.78 is 29.0. The predicted molar refractivity (Wildman–Crippen MR) is 70.7 cm³/mol. The Morgan fingerprint density at radius 2 is 1.95 bits per heavy atom. The lowest BCUT2D eigenvalue weighted by molar-refractivity contribution is -0.0515. The first kappa shape index (κ1) is 14.4. The summed E-state index contributed by atoms with van der Waals surface area (Å²) in [6.07, 6.45) is 0.994. The molecule has 0 aliphatic carbocycles. The Hall–Kier alpha value is -2.01. The minimum atomic E-state index is -2.92. The minimum Gasteiger partial charge on any atom is -0.434 e. The monoisotopic (exact) mass is 279 g/mol. The third-order valence-corrected chi connectivity index (χ3v) is 2.87. The molecule has 3 nitrogen and oxygen atoms in total. The number of aromatic nitrogens is 1. The number of halogens is 2. The normalized spacial score (nSPS) is 12.4. The molecule has 1 aromatic heterocycles. The SMILES string of the molecule is Cc1ccc(CC(O)c2ccccc2OC(F)F)nc1. The van der Waals surface area contributed by atoms with E-state index < -0.39 is 12.7 Å². The highest BCUT2D eigenvalue weighted by Gasteiger charge is 2.16. The van der Waals surface area contributed by atoms with Crippen LogP contribution in [0.4, 0.5) is 8.78 Å². The van der Waals surface area contributed by atoms with Crippen molar-refractivity contribution in [3.05, 3.63) is 59.4 Å². The quantitative estimate of drug-likeness (QED) is 0.913. The molecule has 0 aliphatic rings. The van der Waals surface area contributed by atoms with Gasteiger partial charge in [0.2, 0.25) is 0 Å². The maximum atomic E-state index is 12.3. The number of hydrogen-bond acceptors (Lipinski definition) is 3. The van der Waals surface area contributed by atoms with E-state index in [0.29, 0.717) is 11.3 Å². The topological polar surface area (TPSA) is 42.4 Å². The van der Waals surface area contributed by atoms with Crippen LogP contribution in [0.2, 0.25) is 0 Å². The van der Waals surface area contributed by atoms with E-state index >= 15 is 0 Å². The number of ether oxygens (including phenoxy) is 1. The van der Waals surface area contributed by atoms with Crippen LogP contribution >= 0.6 is 0 Å². The van der Waals surface area contributed by atoms with Crippen molar-refractivity contribution in [3.63, 3.8) is 0 Å². The number of hydrogen-bond donors (Lipinski definition) is 1. The number of aliphatic hydroxyl groups is 1. The van der Waals surface area contributed by atoms with Crippen LogP contribution in [0.1, 0.15) is 22.9 Å². The van der Waals surface area contributed by atoms with Crippen LogP contribution < -0.4 is 4.74 Å². The maximum Gasteiger partial charge on any atom is 0.387 e. The lowest BCUT2D eigenvalue weighted by Gasteiger charge is -2.15. The summed E-state index contributed by atoms with van der Waals surface area (Å²) in [7, 11) is 0. The third kappa shape index (κ3) is 3.74. The van der Waals surface area contributed by atoms with Gasteiger partial charge in [-0.25, -0.2) is 0 Å². The molecule has 0 spiro atoms. The fourth-order valence-corrected chi connectivity index (χ4v) is 1.89. The van der Waals surface area contributed by atoms with Crippen molar-refractivity contribution in [3.8, 4) is 5.75 Å². The highest BCUT2D eigenvalue weighted by Crippen LogP contribution is 2.28. The fourth-order valence-electron chi connectivity index (χ4n) is 1.89. The molecule has 1 unspecified atom stereocenters. The molecule has 1 aromatic carbocycles. The van der Waals surface area contributed by atoms with Gasteiger partial charge in [0.15, 0.2) is 0 Å². The van der Waals surface area contributed by atoms with E-state index in [1.807, 2.05) is 13.0 Å². The summed E-state index contributed by atoms with van der Waals surface area (Å²) in [5.74, 6) is -0.0119. The molecule has 0 aliphatic heterocycles. The molecule has 0 bridgehead atoms. The lowest BCUT2D eigenvalue weighted by atomic mass is 10.0. The summed E-state index contributed by atoms with van der Waals surface area (Å²) >= 11 is 0. The molecule has 20 heavy (non-hydrogen) atoms. The van der Waals surface area contributed by atoms with Gasteiger partial charge in [0.05, 0.1) is 6.10 Å². The molecule has 0 amide bonds. The molecule has 1 heterocycles. The third-order valence-electron chi connectivity index (χ3n) is 2.87. The van der Waals surface area contributed by atoms with E-state index in [1.54, 1.807) is 30.5 Å². The molecule has 0 fully saturated rings. The van der Waals surface area contributed by atoms with Crippen LogP contribution in [0.5, 0.6) is 5.75 Å². The van der Waals surface area contributed by atoms with Crippen LogP contribution in [-0.2, 0) is 6.42 Å². The Morgan fingerprint density at radius 3 is 2.60 bits per heavy atom. The number of para-hydroxylation sites is 1. The average molecular weight is 279 g/mol. The second kappa shape index (κ2) is 6.43. The van der Waals surface area contributed by atoms with Crippen molar-refractivity contribution in [1.29, 1.82) is 0 Å². The van der Waals surface area contributed by atoms with E-state index in [2.05, 4.69) is 9.72 Å². The van der Waals surface area contributed by atoms with Crippen molar-refractivity contribution >= 4 is 0 Å². The fraction of sp³-hybridized carbons (Fsp3) is 0.267. The Bertz CT molecular complexity index is 558. The van der Waals surface area contributed by atoms with Crippen molar-refractivity contribution in [2.45, 2.75) is 26.1 Å². The first-order valence-corrected chi connectivity index (χ1v) is 6.19. The number of pyridine rings is 1. The summed E-state index contributed by atoms with van der Waals surface area (Å²) in [5.41, 5.74) is 2.04. The van der Waals surface area contributed by atoms with Crippen molar-refractivity contribution in [2.24, 2.45) is 0 Å². The van der Waals surface area contributed by atoms with Gasteiger partial charge < -0.3 is 9.84 Å². The molecular weight excluding hydrogens is 264 g/mol. The van der Waals surface area contributed by atoms with E-state index in [9.17, 15) is 13.9 Å². The predicted octanol–water partition coefficient (Wildman–Crippen LogP) is 3.27. The highest BCUT2D eigenvalue weighted by molar-refractivity contribution is 5.35. The van der Waals surface area contributed by atoms with Crippen molar-refractivity contribution in [1.82, 2.24) is 4.98 Å². The van der Waals surface area contributed by atoms with Gasteiger partial charge in [0.25, 0.3) is 0 Å². The summed E-state index contributed by atoms with van der Waals surface area (Å²) in [6.45, 7) is -1.00. The molecule has 5 heteroatoms. The molecule has 1 atom stereocenters. The molecule has 2 rings (SSSR count). The molecule has 1 N–H and O–H groups in total. The van der Waals surface area contributed by atoms with E-state index in [-0.39, 0.29) is 12.2 Å². The average Bonchev–Trinajstić information content (AvgIpc) is 2.41. The van der Waals surface area contributed by atoms with Crippen LogP contribution in [0, 0.1) is 6.92 Å². The molecular formula is C15H15F2NO2. The first-order chi connectivity index (χ1) is 9.56. The van der Waals surface area contributed by atoms with E-state index in [0.717, 1.165) is 5.56 Å². The summed E-state index contributed by atoms with van der Waals surface area (Å²) in [4.78, 5) is 4.19. The molecule has 0 saturated heterocycles. The van der Waals surface area contributed by atoms with Gasteiger partial charge >= 0.3 is 6.61 Å². The molecule has 0 saturated carbocycles. The number of nitrogens with zero attached hydrogens (tertiary/aromatic N) is 1. The maximum absolute atomic E-state index is 12.3. The van der Waals surface area contributed by atoms with Gasteiger partial charge in [-0.1, -0.05) is 24.3 Å². The summed E-state index contributed by atoms with van der Waals surface area (Å²) in [5, 5.41) is 10.2. The first-order valence-electron chi connectivity index (χ1n) is 6.19. The zero-order valence-corrected chi connectivity index (χ0v) is 11.0. The summed E-state index contributed by atoms with van der Waals surface area (Å²) in [6, 6.07) is 9.91. The van der Waals surface area contributed by atoms with E-state index in [4.69, 9.17) is 0 Å². The van der Waals surface area contributed by atoms with E-state index in [1.165, 1.54) is 6.07 Å². The Morgan fingerprint density at radius 1 is 1.20 bits per heavy atom. The van der Waals surface area contributed by atoms with Gasteiger partial charge in [-0.2, -0.15) is 8.78 Å². The largest absolute Gasteiger partial charge is 0.434 e. The number of rotatable bonds is 5. The number of aliphatic hydroxyl groups excluding tert-OH is 1. The number of benzene rings is 1. The zero-order chi connectivity index (χ0) is 14.5. The van der Waals surface area contributed by atoms with Crippen LogP contribution in [0.3, 0.4) is 0 Å². The smallest absolute Gasteiger partial charge is 0.387 e. The van der Waals surface area contributed by atoms with Gasteiger partial charge in [-0.05, 0) is 24.6 Å². The second-order valence-electron chi connectivity index (χ2n) is 4.46.